The van der Waals surface area contributed by atoms with Gasteiger partial charge < -0.3 is 23.8 Å². The number of hydrogen-bond acceptors (Lipinski definition) is 8. The molecule has 4 aromatic rings. The molecule has 0 saturated carbocycles. The largest absolute Gasteiger partial charge is 0.466 e. The van der Waals surface area contributed by atoms with Gasteiger partial charge >= 0.3 is 5.97 Å². The van der Waals surface area contributed by atoms with E-state index in [1.165, 1.54) is 6.26 Å². The number of fused-ring (bicyclic) bond motifs is 1. The van der Waals surface area contributed by atoms with Crippen molar-refractivity contribution in [3.63, 3.8) is 0 Å². The van der Waals surface area contributed by atoms with E-state index in [2.05, 4.69) is 34.0 Å². The van der Waals surface area contributed by atoms with Gasteiger partial charge in [0, 0.05) is 55.4 Å². The summed E-state index contributed by atoms with van der Waals surface area (Å²) in [6, 6.07) is 5.65. The summed E-state index contributed by atoms with van der Waals surface area (Å²) in [5, 5.41) is 3.05. The van der Waals surface area contributed by atoms with Crippen LogP contribution in [0.1, 0.15) is 61.9 Å². The Balaban J connectivity index is 1.42. The number of nitrogens with zero attached hydrogens (tertiary/aromatic N) is 5. The lowest BCUT2D eigenvalue weighted by Crippen LogP contribution is -2.37. The average molecular weight is 531 g/mol. The van der Waals surface area contributed by atoms with E-state index in [1.807, 2.05) is 35.9 Å². The van der Waals surface area contributed by atoms with Gasteiger partial charge in [-0.1, -0.05) is 13.8 Å². The summed E-state index contributed by atoms with van der Waals surface area (Å²) >= 11 is 0. The average Bonchev–Trinajstić information content (AvgIpc) is 3.55. The molecule has 10 heteroatoms. The summed E-state index contributed by atoms with van der Waals surface area (Å²) in [4.78, 5) is 40.8. The van der Waals surface area contributed by atoms with E-state index in [4.69, 9.17) is 14.1 Å². The number of piperidine rings is 1. The molecule has 0 aromatic carbocycles. The fourth-order valence-corrected chi connectivity index (χ4v) is 4.75. The molecular weight excluding hydrogens is 496 g/mol. The quantitative estimate of drug-likeness (QED) is 0.314. The number of hydrogen-bond donors (Lipinski definition) is 1. The summed E-state index contributed by atoms with van der Waals surface area (Å²) in [6.07, 6.45) is 9.64. The molecule has 0 bridgehead atoms. The molecule has 1 saturated heterocycles. The first kappa shape index (κ1) is 26.4. The Morgan fingerprint density at radius 3 is 2.69 bits per heavy atom. The number of esters is 1. The van der Waals surface area contributed by atoms with Gasteiger partial charge in [-0.2, -0.15) is 0 Å². The zero-order valence-electron chi connectivity index (χ0n) is 22.9. The lowest BCUT2D eigenvalue weighted by molar-refractivity contribution is -0.143. The summed E-state index contributed by atoms with van der Waals surface area (Å²) in [5.74, 6) is -0.246. The molecule has 4 aromatic heterocycles. The van der Waals surface area contributed by atoms with Crippen LogP contribution in [0, 0.1) is 12.3 Å². The van der Waals surface area contributed by atoms with Crippen LogP contribution in [0.4, 0.5) is 11.4 Å². The van der Waals surface area contributed by atoms with Gasteiger partial charge in [0.25, 0.3) is 5.91 Å². The highest BCUT2D eigenvalue weighted by Gasteiger charge is 2.28. The number of rotatable bonds is 8. The van der Waals surface area contributed by atoms with Gasteiger partial charge in [-0.05, 0) is 44.2 Å². The number of aryl methyl sites for hydroxylation is 2. The molecule has 0 unspecified atom stereocenters. The predicted molar refractivity (Wildman–Crippen MR) is 148 cm³/mol. The third-order valence-electron chi connectivity index (χ3n) is 7.10. The normalized spacial score (nSPS) is 14.9. The molecule has 39 heavy (non-hydrogen) atoms. The van der Waals surface area contributed by atoms with Crippen LogP contribution >= 0.6 is 0 Å². The molecule has 10 nitrogen and oxygen atoms in total. The van der Waals surface area contributed by atoms with Crippen LogP contribution in [0.25, 0.3) is 17.1 Å². The van der Waals surface area contributed by atoms with Crippen LogP contribution in [0.2, 0.25) is 0 Å². The van der Waals surface area contributed by atoms with Crippen LogP contribution in [0.3, 0.4) is 0 Å². The van der Waals surface area contributed by atoms with E-state index < -0.39 is 0 Å². The number of pyridine rings is 2. The van der Waals surface area contributed by atoms with Gasteiger partial charge in [0.2, 0.25) is 5.89 Å². The Hall–Kier alpha value is -4.21. The van der Waals surface area contributed by atoms with Crippen LogP contribution in [-0.4, -0.2) is 50.9 Å². The fraction of sp³-hybridized carbons (Fsp3) is 0.414. The summed E-state index contributed by atoms with van der Waals surface area (Å²) in [5.41, 5.74) is 5.16. The van der Waals surface area contributed by atoms with Crippen molar-refractivity contribution in [2.45, 2.75) is 53.4 Å². The molecule has 0 spiro atoms. The summed E-state index contributed by atoms with van der Waals surface area (Å²) in [7, 11) is 0. The molecule has 1 aliphatic rings. The lowest BCUT2D eigenvalue weighted by atomic mass is 9.82. The summed E-state index contributed by atoms with van der Waals surface area (Å²) < 4.78 is 12.5. The molecular formula is C29H34N6O4. The lowest BCUT2D eigenvalue weighted by Gasteiger charge is -2.38. The Labute approximate surface area is 227 Å². The Morgan fingerprint density at radius 2 is 1.95 bits per heavy atom. The van der Waals surface area contributed by atoms with E-state index >= 15 is 0 Å². The number of ether oxygens (including phenoxy) is 1. The van der Waals surface area contributed by atoms with Crippen molar-refractivity contribution in [3.05, 3.63) is 60.1 Å². The molecule has 5 heterocycles. The molecule has 0 radical (unpaired) electrons. The zero-order valence-corrected chi connectivity index (χ0v) is 22.9. The third kappa shape index (κ3) is 6.10. The maximum atomic E-state index is 13.3. The van der Waals surface area contributed by atoms with E-state index in [9.17, 15) is 9.59 Å². The first-order chi connectivity index (χ1) is 18.7. The Kier molecular flexibility index (Phi) is 7.36. The van der Waals surface area contributed by atoms with E-state index in [0.29, 0.717) is 24.6 Å². The number of nitrogens with one attached hydrogen (secondary N) is 1. The fourth-order valence-electron chi connectivity index (χ4n) is 4.75. The van der Waals surface area contributed by atoms with Gasteiger partial charge in [-0.15, -0.1) is 0 Å². The third-order valence-corrected chi connectivity index (χ3v) is 7.10. The molecule has 1 aliphatic heterocycles. The van der Waals surface area contributed by atoms with Crippen molar-refractivity contribution >= 4 is 28.9 Å². The zero-order chi connectivity index (χ0) is 27.6. The smallest absolute Gasteiger partial charge is 0.306 e. The summed E-state index contributed by atoms with van der Waals surface area (Å²) in [6.45, 7) is 10.4. The monoisotopic (exact) mass is 530 g/mol. The van der Waals surface area contributed by atoms with Crippen molar-refractivity contribution in [1.29, 1.82) is 0 Å². The minimum atomic E-state index is -0.364. The SMILES string of the molecule is CCOC(=O)CCc1cn2cc(NC(=O)c3coc(-c4ccnc(C)c4)n3)c(N3CCC(C)(C)CC3)cc2n1. The molecule has 204 valence electrons. The highest BCUT2D eigenvalue weighted by molar-refractivity contribution is 6.05. The Bertz CT molecular complexity index is 1490. The molecule has 1 N–H and O–H groups in total. The van der Waals surface area contributed by atoms with Crippen molar-refractivity contribution in [1.82, 2.24) is 19.4 Å². The van der Waals surface area contributed by atoms with Gasteiger partial charge in [-0.3, -0.25) is 14.6 Å². The second kappa shape index (κ2) is 10.9. The number of carbonyl (C=O) groups is 2. The number of carbonyl (C=O) groups excluding carboxylic acids is 2. The molecule has 0 atom stereocenters. The standard InChI is InChI=1S/C29H34N6O4/c1-5-38-26(36)7-6-21-16-35-17-22(24(15-25(35)31-21)34-12-9-29(3,4)10-13-34)32-27(37)23-18-39-28(33-23)20-8-11-30-19(2)14-20/h8,11,14-18H,5-7,9-10,12-13H2,1-4H3,(H,32,37). The van der Waals surface area contributed by atoms with Crippen molar-refractivity contribution in [3.8, 4) is 11.5 Å². The van der Waals surface area contributed by atoms with Crippen molar-refractivity contribution < 1.29 is 18.7 Å². The van der Waals surface area contributed by atoms with E-state index in [0.717, 1.165) is 54.2 Å². The number of anilines is 2. The number of imidazole rings is 1. The Morgan fingerprint density at radius 1 is 1.15 bits per heavy atom. The maximum absolute atomic E-state index is 13.3. The van der Waals surface area contributed by atoms with Crippen molar-refractivity contribution in [2.24, 2.45) is 5.41 Å². The molecule has 1 amide bonds. The van der Waals surface area contributed by atoms with Gasteiger partial charge in [0.05, 0.1) is 30.1 Å². The van der Waals surface area contributed by atoms with Crippen LogP contribution in [0.15, 0.2) is 47.5 Å². The minimum absolute atomic E-state index is 0.186. The number of amides is 1. The van der Waals surface area contributed by atoms with Crippen LogP contribution in [0.5, 0.6) is 0 Å². The highest BCUT2D eigenvalue weighted by Crippen LogP contribution is 2.36. The van der Waals surface area contributed by atoms with Gasteiger partial charge in [0.15, 0.2) is 5.69 Å². The molecule has 1 fully saturated rings. The first-order valence-corrected chi connectivity index (χ1v) is 13.3. The molecule has 5 rings (SSSR count). The van der Waals surface area contributed by atoms with Crippen LogP contribution < -0.4 is 10.2 Å². The van der Waals surface area contributed by atoms with Gasteiger partial charge in [0.1, 0.15) is 11.9 Å². The first-order valence-electron chi connectivity index (χ1n) is 13.3. The number of aromatic nitrogens is 4. The highest BCUT2D eigenvalue weighted by atomic mass is 16.5. The van der Waals surface area contributed by atoms with Crippen molar-refractivity contribution in [2.75, 3.05) is 29.9 Å². The second-order valence-electron chi connectivity index (χ2n) is 10.7. The van der Waals surface area contributed by atoms with Crippen LogP contribution in [-0.2, 0) is 16.0 Å². The second-order valence-corrected chi connectivity index (χ2v) is 10.7. The maximum Gasteiger partial charge on any atom is 0.306 e. The number of oxazole rings is 1. The predicted octanol–water partition coefficient (Wildman–Crippen LogP) is 5.07. The van der Waals surface area contributed by atoms with Gasteiger partial charge in [-0.25, -0.2) is 9.97 Å². The minimum Gasteiger partial charge on any atom is -0.466 e. The topological polar surface area (TPSA) is 115 Å². The van der Waals surface area contributed by atoms with E-state index in [-0.39, 0.29) is 29.4 Å². The molecule has 0 aliphatic carbocycles. The van der Waals surface area contributed by atoms with E-state index in [1.54, 1.807) is 19.2 Å².